The third-order valence-electron chi connectivity index (χ3n) is 6.75. The molecule has 10 nitrogen and oxygen atoms in total. The van der Waals surface area contributed by atoms with Crippen molar-refractivity contribution in [3.63, 3.8) is 0 Å². The van der Waals surface area contributed by atoms with Crippen LogP contribution in [0.2, 0.25) is 5.02 Å². The maximum atomic E-state index is 13.5. The van der Waals surface area contributed by atoms with Crippen molar-refractivity contribution in [2.45, 2.75) is 13.8 Å². The van der Waals surface area contributed by atoms with E-state index in [2.05, 4.69) is 25.5 Å². The SMILES string of the molecule is CC(=O)NCCNc1cc(N2CCN(C(=O)c3cccnc3Oc3ccc(C)cc3)CC2)nc(-c2ccc(Cl)cc2)n1. The number of pyridine rings is 1. The van der Waals surface area contributed by atoms with Crippen LogP contribution in [0.3, 0.4) is 0 Å². The summed E-state index contributed by atoms with van der Waals surface area (Å²) in [6.45, 7) is 6.65. The molecule has 0 radical (unpaired) electrons. The van der Waals surface area contributed by atoms with E-state index < -0.39 is 0 Å². The second-order valence-corrected chi connectivity index (χ2v) is 10.3. The molecule has 2 aromatic heterocycles. The van der Waals surface area contributed by atoms with Gasteiger partial charge in [-0.1, -0.05) is 29.3 Å². The van der Waals surface area contributed by atoms with Gasteiger partial charge < -0.3 is 25.2 Å². The van der Waals surface area contributed by atoms with Crippen LogP contribution in [0.25, 0.3) is 11.4 Å². The number of hydrogen-bond donors (Lipinski definition) is 2. The van der Waals surface area contributed by atoms with E-state index in [0.29, 0.717) is 67.2 Å². The minimum absolute atomic E-state index is 0.0884. The highest BCUT2D eigenvalue weighted by Gasteiger charge is 2.26. The number of carbonyl (C=O) groups is 2. The average molecular weight is 586 g/mol. The number of rotatable bonds is 9. The number of ether oxygens (including phenoxy) is 1. The standard InChI is InChI=1S/C31H32ClN7O3/c1-21-5-11-25(12-6-21)42-30-26(4-3-13-35-30)31(41)39-18-16-38(17-19-39)28-20-27(34-15-14-33-22(2)40)36-29(37-28)23-7-9-24(32)10-8-23/h3-13,20H,14-19H2,1-2H3,(H,33,40)(H,34,36,37). The highest BCUT2D eigenvalue weighted by molar-refractivity contribution is 6.30. The Morgan fingerprint density at radius 3 is 2.40 bits per heavy atom. The molecule has 42 heavy (non-hydrogen) atoms. The summed E-state index contributed by atoms with van der Waals surface area (Å²) >= 11 is 6.09. The molecule has 0 spiro atoms. The van der Waals surface area contributed by atoms with Crippen LogP contribution in [0.1, 0.15) is 22.8 Å². The zero-order chi connectivity index (χ0) is 29.5. The van der Waals surface area contributed by atoms with Crippen molar-refractivity contribution in [2.24, 2.45) is 0 Å². The third kappa shape index (κ3) is 7.32. The maximum Gasteiger partial charge on any atom is 0.259 e. The summed E-state index contributed by atoms with van der Waals surface area (Å²) in [7, 11) is 0. The summed E-state index contributed by atoms with van der Waals surface area (Å²) in [5, 5.41) is 6.68. The Bertz CT molecular complexity index is 1540. The minimum atomic E-state index is -0.130. The summed E-state index contributed by atoms with van der Waals surface area (Å²) in [6.07, 6.45) is 1.62. The molecule has 0 atom stereocenters. The predicted molar refractivity (Wildman–Crippen MR) is 163 cm³/mol. The Balaban J connectivity index is 1.30. The van der Waals surface area contributed by atoms with Crippen LogP contribution in [0.5, 0.6) is 11.6 Å². The van der Waals surface area contributed by atoms with Crippen molar-refractivity contribution in [2.75, 3.05) is 49.5 Å². The Hall–Kier alpha value is -4.70. The average Bonchev–Trinajstić information content (AvgIpc) is 3.00. The topological polar surface area (TPSA) is 113 Å². The van der Waals surface area contributed by atoms with Crippen molar-refractivity contribution < 1.29 is 14.3 Å². The van der Waals surface area contributed by atoms with E-state index >= 15 is 0 Å². The zero-order valence-electron chi connectivity index (χ0n) is 23.5. The smallest absolute Gasteiger partial charge is 0.259 e. The van der Waals surface area contributed by atoms with Gasteiger partial charge in [-0.05, 0) is 55.5 Å². The van der Waals surface area contributed by atoms with Crippen LogP contribution in [-0.4, -0.2) is 70.9 Å². The molecule has 216 valence electrons. The first-order chi connectivity index (χ1) is 20.4. The van der Waals surface area contributed by atoms with Crippen LogP contribution in [0.15, 0.2) is 72.9 Å². The highest BCUT2D eigenvalue weighted by atomic mass is 35.5. The van der Waals surface area contributed by atoms with Crippen molar-refractivity contribution >= 4 is 35.1 Å². The maximum absolute atomic E-state index is 13.5. The molecule has 2 aromatic carbocycles. The van der Waals surface area contributed by atoms with E-state index in [1.165, 1.54) is 6.92 Å². The Kier molecular flexibility index (Phi) is 9.13. The van der Waals surface area contributed by atoms with Gasteiger partial charge >= 0.3 is 0 Å². The van der Waals surface area contributed by atoms with Gasteiger partial charge in [-0.25, -0.2) is 15.0 Å². The van der Waals surface area contributed by atoms with Gasteiger partial charge in [0.15, 0.2) is 5.82 Å². The van der Waals surface area contributed by atoms with Crippen LogP contribution in [-0.2, 0) is 4.79 Å². The first-order valence-electron chi connectivity index (χ1n) is 13.7. The van der Waals surface area contributed by atoms with Gasteiger partial charge in [0, 0.05) is 69.0 Å². The van der Waals surface area contributed by atoms with Crippen LogP contribution < -0.4 is 20.3 Å². The van der Waals surface area contributed by atoms with E-state index in [0.717, 1.165) is 16.9 Å². The van der Waals surface area contributed by atoms with Gasteiger partial charge in [-0.2, -0.15) is 0 Å². The van der Waals surface area contributed by atoms with Crippen molar-refractivity contribution in [3.8, 4) is 23.0 Å². The Morgan fingerprint density at radius 2 is 1.69 bits per heavy atom. The lowest BCUT2D eigenvalue weighted by atomic mass is 10.2. The molecule has 4 aromatic rings. The van der Waals surface area contributed by atoms with Crippen LogP contribution >= 0.6 is 11.6 Å². The van der Waals surface area contributed by atoms with Gasteiger partial charge in [-0.3, -0.25) is 9.59 Å². The summed E-state index contributed by atoms with van der Waals surface area (Å²) in [6, 6.07) is 20.4. The van der Waals surface area contributed by atoms with Crippen molar-refractivity contribution in [1.82, 2.24) is 25.2 Å². The number of halogens is 1. The fourth-order valence-electron chi connectivity index (χ4n) is 4.51. The molecule has 2 N–H and O–H groups in total. The Labute approximate surface area is 249 Å². The lowest BCUT2D eigenvalue weighted by Crippen LogP contribution is -2.49. The van der Waals surface area contributed by atoms with E-state index in [1.54, 1.807) is 30.5 Å². The van der Waals surface area contributed by atoms with E-state index in [-0.39, 0.29) is 17.7 Å². The van der Waals surface area contributed by atoms with Crippen LogP contribution in [0.4, 0.5) is 11.6 Å². The van der Waals surface area contributed by atoms with Gasteiger partial charge in [0.1, 0.15) is 22.9 Å². The molecule has 0 bridgehead atoms. The van der Waals surface area contributed by atoms with E-state index in [4.69, 9.17) is 21.3 Å². The second kappa shape index (κ2) is 13.3. The van der Waals surface area contributed by atoms with Gasteiger partial charge in [0.2, 0.25) is 11.8 Å². The molecule has 0 saturated carbocycles. The zero-order valence-corrected chi connectivity index (χ0v) is 24.3. The van der Waals surface area contributed by atoms with E-state index in [9.17, 15) is 9.59 Å². The first-order valence-corrected chi connectivity index (χ1v) is 14.1. The van der Waals surface area contributed by atoms with Gasteiger partial charge in [0.25, 0.3) is 5.91 Å². The molecular weight excluding hydrogens is 554 g/mol. The predicted octanol–water partition coefficient (Wildman–Crippen LogP) is 4.80. The monoisotopic (exact) mass is 585 g/mol. The molecular formula is C31H32ClN7O3. The lowest BCUT2D eigenvalue weighted by Gasteiger charge is -2.35. The molecule has 5 rings (SSSR count). The summed E-state index contributed by atoms with van der Waals surface area (Å²) in [4.78, 5) is 42.6. The van der Waals surface area contributed by atoms with Gasteiger partial charge in [-0.15, -0.1) is 0 Å². The molecule has 0 unspecified atom stereocenters. The minimum Gasteiger partial charge on any atom is -0.438 e. The summed E-state index contributed by atoms with van der Waals surface area (Å²) < 4.78 is 5.97. The highest BCUT2D eigenvalue weighted by Crippen LogP contribution is 2.27. The normalized spacial score (nSPS) is 13.0. The molecule has 11 heteroatoms. The number of aromatic nitrogens is 3. The van der Waals surface area contributed by atoms with Crippen molar-refractivity contribution in [1.29, 1.82) is 0 Å². The van der Waals surface area contributed by atoms with Crippen LogP contribution in [0, 0.1) is 6.92 Å². The number of nitrogens with one attached hydrogen (secondary N) is 2. The largest absolute Gasteiger partial charge is 0.438 e. The molecule has 2 amide bonds. The fourth-order valence-corrected chi connectivity index (χ4v) is 4.63. The molecule has 1 saturated heterocycles. The number of amides is 2. The number of benzene rings is 2. The van der Waals surface area contributed by atoms with Crippen molar-refractivity contribution in [3.05, 3.63) is 89.1 Å². The number of nitrogens with zero attached hydrogens (tertiary/aromatic N) is 5. The molecule has 1 aliphatic rings. The number of anilines is 2. The molecule has 1 aliphatic heterocycles. The number of piperazine rings is 1. The fraction of sp³-hybridized carbons (Fsp3) is 0.258. The lowest BCUT2D eigenvalue weighted by molar-refractivity contribution is -0.118. The third-order valence-corrected chi connectivity index (χ3v) is 7.00. The molecule has 3 heterocycles. The first kappa shape index (κ1) is 28.8. The summed E-state index contributed by atoms with van der Waals surface area (Å²) in [5.41, 5.74) is 2.37. The van der Waals surface area contributed by atoms with Gasteiger partial charge in [0.05, 0.1) is 0 Å². The Morgan fingerprint density at radius 1 is 0.952 bits per heavy atom. The second-order valence-electron chi connectivity index (χ2n) is 9.90. The quantitative estimate of drug-likeness (QED) is 0.269. The summed E-state index contributed by atoms with van der Waals surface area (Å²) in [5.74, 6) is 2.63. The number of hydrogen-bond acceptors (Lipinski definition) is 8. The number of carbonyl (C=O) groups excluding carboxylic acids is 2. The molecule has 1 fully saturated rings. The molecule has 0 aliphatic carbocycles. The van der Waals surface area contributed by atoms with E-state index in [1.807, 2.05) is 54.3 Å². The number of aryl methyl sites for hydroxylation is 1.